The number of carboxylic acid groups (broad SMARTS) is 1. The minimum absolute atomic E-state index is 0.0948. The van der Waals surface area contributed by atoms with E-state index in [1.54, 1.807) is 0 Å². The van der Waals surface area contributed by atoms with Crippen molar-refractivity contribution in [3.63, 3.8) is 0 Å². The van der Waals surface area contributed by atoms with Crippen molar-refractivity contribution in [2.75, 3.05) is 19.6 Å². The molecule has 120 valence electrons. The van der Waals surface area contributed by atoms with Crippen LogP contribution in [0.25, 0.3) is 0 Å². The Bertz CT molecular complexity index is 498. The van der Waals surface area contributed by atoms with E-state index in [1.807, 2.05) is 19.9 Å². The summed E-state index contributed by atoms with van der Waals surface area (Å²) < 4.78 is 27.8. The Balaban J connectivity index is 3.01. The van der Waals surface area contributed by atoms with Gasteiger partial charge >= 0.3 is 5.97 Å². The second-order valence-corrected chi connectivity index (χ2v) is 7.51. The van der Waals surface area contributed by atoms with Crippen molar-refractivity contribution in [1.29, 1.82) is 5.26 Å². The SMILES string of the molecule is CC(C)CN(CCC#N)S(=O)(=O)N1CCCCC1C(=O)O. The third kappa shape index (κ3) is 4.66. The topological polar surface area (TPSA) is 102 Å². The summed E-state index contributed by atoms with van der Waals surface area (Å²) in [6.45, 7) is 4.38. The highest BCUT2D eigenvalue weighted by Crippen LogP contribution is 2.23. The zero-order chi connectivity index (χ0) is 16.0. The molecule has 0 amide bonds. The van der Waals surface area contributed by atoms with E-state index >= 15 is 0 Å². The molecule has 21 heavy (non-hydrogen) atoms. The van der Waals surface area contributed by atoms with E-state index < -0.39 is 22.2 Å². The first-order chi connectivity index (χ1) is 9.80. The second kappa shape index (κ2) is 7.73. The molecule has 0 aromatic heterocycles. The van der Waals surface area contributed by atoms with Crippen molar-refractivity contribution in [1.82, 2.24) is 8.61 Å². The highest BCUT2D eigenvalue weighted by atomic mass is 32.2. The van der Waals surface area contributed by atoms with Gasteiger partial charge in [-0.15, -0.1) is 0 Å². The van der Waals surface area contributed by atoms with Crippen LogP contribution < -0.4 is 0 Å². The van der Waals surface area contributed by atoms with E-state index in [0.29, 0.717) is 19.3 Å². The monoisotopic (exact) mass is 317 g/mol. The summed E-state index contributed by atoms with van der Waals surface area (Å²) in [5.41, 5.74) is 0. The van der Waals surface area contributed by atoms with Gasteiger partial charge in [-0.05, 0) is 25.2 Å². The maximum Gasteiger partial charge on any atom is 0.322 e. The number of rotatable bonds is 7. The summed E-state index contributed by atoms with van der Waals surface area (Å²) in [5.74, 6) is -1.01. The molecule has 1 aliphatic rings. The molecule has 0 aromatic carbocycles. The molecule has 0 spiro atoms. The van der Waals surface area contributed by atoms with Gasteiger partial charge in [0, 0.05) is 26.1 Å². The summed E-state index contributed by atoms with van der Waals surface area (Å²) in [4.78, 5) is 11.3. The average Bonchev–Trinajstić information content (AvgIpc) is 2.42. The molecule has 1 saturated heterocycles. The smallest absolute Gasteiger partial charge is 0.322 e. The molecule has 0 saturated carbocycles. The van der Waals surface area contributed by atoms with Gasteiger partial charge in [0.25, 0.3) is 10.2 Å². The van der Waals surface area contributed by atoms with Crippen LogP contribution in [0.3, 0.4) is 0 Å². The Labute approximate surface area is 126 Å². The van der Waals surface area contributed by atoms with Crippen molar-refractivity contribution in [2.45, 2.75) is 45.6 Å². The first kappa shape index (κ1) is 17.9. The van der Waals surface area contributed by atoms with Crippen LogP contribution in [0.15, 0.2) is 0 Å². The zero-order valence-electron chi connectivity index (χ0n) is 12.5. The van der Waals surface area contributed by atoms with Crippen molar-refractivity contribution in [2.24, 2.45) is 5.92 Å². The van der Waals surface area contributed by atoms with E-state index in [4.69, 9.17) is 5.26 Å². The van der Waals surface area contributed by atoms with Crippen molar-refractivity contribution in [3.05, 3.63) is 0 Å². The number of aliphatic carboxylic acids is 1. The molecule has 0 radical (unpaired) electrons. The van der Waals surface area contributed by atoms with Crippen LogP contribution in [-0.2, 0) is 15.0 Å². The normalized spacial score (nSPS) is 20.6. The van der Waals surface area contributed by atoms with Crippen LogP contribution in [-0.4, -0.2) is 53.8 Å². The minimum atomic E-state index is -3.85. The fraction of sp³-hybridized carbons (Fsp3) is 0.846. The van der Waals surface area contributed by atoms with E-state index in [1.165, 1.54) is 4.31 Å². The Hall–Kier alpha value is -1.17. The Morgan fingerprint density at radius 1 is 1.48 bits per heavy atom. The van der Waals surface area contributed by atoms with Gasteiger partial charge in [0.05, 0.1) is 6.07 Å². The molecular weight excluding hydrogens is 294 g/mol. The van der Waals surface area contributed by atoms with E-state index in [0.717, 1.165) is 4.31 Å². The maximum absolute atomic E-state index is 12.7. The highest BCUT2D eigenvalue weighted by molar-refractivity contribution is 7.86. The summed E-state index contributed by atoms with van der Waals surface area (Å²) >= 11 is 0. The summed E-state index contributed by atoms with van der Waals surface area (Å²) in [6.07, 6.45) is 1.81. The van der Waals surface area contributed by atoms with Gasteiger partial charge in [0.15, 0.2) is 0 Å². The van der Waals surface area contributed by atoms with Gasteiger partial charge in [-0.2, -0.15) is 22.3 Å². The van der Waals surface area contributed by atoms with Crippen LogP contribution in [0, 0.1) is 17.2 Å². The molecule has 1 unspecified atom stereocenters. The van der Waals surface area contributed by atoms with Gasteiger partial charge in [0.1, 0.15) is 6.04 Å². The Morgan fingerprint density at radius 2 is 2.14 bits per heavy atom. The van der Waals surface area contributed by atoms with E-state index in [-0.39, 0.29) is 32.0 Å². The quantitative estimate of drug-likeness (QED) is 0.756. The first-order valence-corrected chi connectivity index (χ1v) is 8.57. The molecule has 0 bridgehead atoms. The van der Waals surface area contributed by atoms with Gasteiger partial charge in [-0.25, -0.2) is 0 Å². The minimum Gasteiger partial charge on any atom is -0.480 e. The maximum atomic E-state index is 12.7. The Kier molecular flexibility index (Phi) is 6.58. The number of nitriles is 1. The number of hydrogen-bond acceptors (Lipinski definition) is 4. The molecule has 1 heterocycles. The lowest BCUT2D eigenvalue weighted by Gasteiger charge is -2.36. The molecule has 8 heteroatoms. The number of nitrogens with zero attached hydrogens (tertiary/aromatic N) is 3. The van der Waals surface area contributed by atoms with Crippen LogP contribution >= 0.6 is 0 Å². The lowest BCUT2D eigenvalue weighted by Crippen LogP contribution is -2.54. The molecule has 7 nitrogen and oxygen atoms in total. The molecule has 0 aromatic rings. The Morgan fingerprint density at radius 3 is 2.67 bits per heavy atom. The molecule has 1 rings (SSSR count). The summed E-state index contributed by atoms with van der Waals surface area (Å²) in [5, 5.41) is 17.9. The van der Waals surface area contributed by atoms with Crippen molar-refractivity contribution in [3.8, 4) is 6.07 Å². The number of carbonyl (C=O) groups is 1. The third-order valence-electron chi connectivity index (χ3n) is 3.40. The summed E-state index contributed by atoms with van der Waals surface area (Å²) in [6, 6.07) is 0.940. The lowest BCUT2D eigenvalue weighted by atomic mass is 10.1. The lowest BCUT2D eigenvalue weighted by molar-refractivity contribution is -0.142. The predicted molar refractivity (Wildman–Crippen MR) is 77.5 cm³/mol. The number of hydrogen-bond donors (Lipinski definition) is 1. The molecule has 1 atom stereocenters. The van der Waals surface area contributed by atoms with Gasteiger partial charge in [-0.1, -0.05) is 13.8 Å². The van der Waals surface area contributed by atoms with Crippen molar-refractivity contribution < 1.29 is 18.3 Å². The molecule has 1 N–H and O–H groups in total. The second-order valence-electron chi connectivity index (χ2n) is 5.63. The molecular formula is C13H23N3O4S. The standard InChI is InChI=1S/C13H23N3O4S/c1-11(2)10-15(8-5-7-14)21(19,20)16-9-4-3-6-12(16)13(17)18/h11-12H,3-6,8-10H2,1-2H3,(H,17,18). The number of carboxylic acids is 1. The van der Waals surface area contributed by atoms with E-state index in [9.17, 15) is 18.3 Å². The van der Waals surface area contributed by atoms with Gasteiger partial charge in [0.2, 0.25) is 0 Å². The average molecular weight is 317 g/mol. The van der Waals surface area contributed by atoms with Crippen LogP contribution in [0.5, 0.6) is 0 Å². The van der Waals surface area contributed by atoms with Crippen LogP contribution in [0.2, 0.25) is 0 Å². The summed E-state index contributed by atoms with van der Waals surface area (Å²) in [7, 11) is -3.85. The third-order valence-corrected chi connectivity index (χ3v) is 5.42. The largest absolute Gasteiger partial charge is 0.480 e. The number of piperidine rings is 1. The highest BCUT2D eigenvalue weighted by Gasteiger charge is 2.39. The van der Waals surface area contributed by atoms with Crippen molar-refractivity contribution >= 4 is 16.2 Å². The fourth-order valence-electron chi connectivity index (χ4n) is 2.46. The van der Waals surface area contributed by atoms with Crippen LogP contribution in [0.4, 0.5) is 0 Å². The van der Waals surface area contributed by atoms with Gasteiger partial charge < -0.3 is 5.11 Å². The fourth-order valence-corrected chi connectivity index (χ4v) is 4.44. The molecule has 1 fully saturated rings. The van der Waals surface area contributed by atoms with Crippen LogP contribution in [0.1, 0.15) is 39.5 Å². The molecule has 1 aliphatic heterocycles. The first-order valence-electron chi connectivity index (χ1n) is 7.17. The van der Waals surface area contributed by atoms with Gasteiger partial charge in [-0.3, -0.25) is 4.79 Å². The zero-order valence-corrected chi connectivity index (χ0v) is 13.3. The molecule has 0 aliphatic carbocycles. The van der Waals surface area contributed by atoms with E-state index in [2.05, 4.69) is 0 Å². The predicted octanol–water partition coefficient (Wildman–Crippen LogP) is 1.04.